The summed E-state index contributed by atoms with van der Waals surface area (Å²) >= 11 is 0. The largest absolute Gasteiger partial charge is 0.366 e. The van der Waals surface area contributed by atoms with E-state index in [2.05, 4.69) is 6.92 Å². The predicted octanol–water partition coefficient (Wildman–Crippen LogP) is 5.13. The van der Waals surface area contributed by atoms with Crippen LogP contribution < -0.4 is 11.5 Å². The second kappa shape index (κ2) is 13.4. The van der Waals surface area contributed by atoms with E-state index >= 15 is 0 Å². The summed E-state index contributed by atoms with van der Waals surface area (Å²) in [6, 6.07) is 5.00. The average Bonchev–Trinajstić information content (AvgIpc) is 2.62. The van der Waals surface area contributed by atoms with Crippen LogP contribution in [0.3, 0.4) is 0 Å². The molecule has 0 fully saturated rings. The highest BCUT2D eigenvalue weighted by Gasteiger charge is 2.15. The number of carbonyl (C=O) groups is 2. The van der Waals surface area contributed by atoms with E-state index in [0.717, 1.165) is 12.8 Å². The van der Waals surface area contributed by atoms with Crippen LogP contribution in [-0.4, -0.2) is 11.8 Å². The van der Waals surface area contributed by atoms with E-state index in [-0.39, 0.29) is 0 Å². The fourth-order valence-electron chi connectivity index (χ4n) is 3.46. The normalized spacial score (nSPS) is 10.8. The van der Waals surface area contributed by atoms with Crippen LogP contribution in [0.4, 0.5) is 0 Å². The summed E-state index contributed by atoms with van der Waals surface area (Å²) in [4.78, 5) is 23.2. The van der Waals surface area contributed by atoms with Crippen LogP contribution in [0.1, 0.15) is 110 Å². The summed E-state index contributed by atoms with van der Waals surface area (Å²) in [5.41, 5.74) is 12.4. The lowest BCUT2D eigenvalue weighted by molar-refractivity contribution is 0.0999. The molecule has 0 heterocycles. The van der Waals surface area contributed by atoms with Crippen molar-refractivity contribution in [1.82, 2.24) is 0 Å². The van der Waals surface area contributed by atoms with Crippen molar-refractivity contribution < 1.29 is 9.59 Å². The maximum absolute atomic E-state index is 11.6. The first kappa shape index (κ1) is 22.2. The zero-order chi connectivity index (χ0) is 19.2. The van der Waals surface area contributed by atoms with Crippen molar-refractivity contribution in [3.63, 3.8) is 0 Å². The Bertz CT molecular complexity index is 523. The quantitative estimate of drug-likeness (QED) is 0.425. The number of carbonyl (C=O) groups excluding carboxylic acids is 2. The molecule has 4 nitrogen and oxygen atoms in total. The third kappa shape index (κ3) is 8.50. The van der Waals surface area contributed by atoms with E-state index in [0.29, 0.717) is 23.1 Å². The minimum Gasteiger partial charge on any atom is -0.366 e. The Labute approximate surface area is 158 Å². The third-order valence-electron chi connectivity index (χ3n) is 4.99. The van der Waals surface area contributed by atoms with Crippen LogP contribution in [0.25, 0.3) is 0 Å². The van der Waals surface area contributed by atoms with Gasteiger partial charge in [-0.2, -0.15) is 0 Å². The minimum atomic E-state index is -0.498. The lowest BCUT2D eigenvalue weighted by Gasteiger charge is -2.11. The van der Waals surface area contributed by atoms with Gasteiger partial charge in [0.1, 0.15) is 0 Å². The summed E-state index contributed by atoms with van der Waals surface area (Å²) in [6.07, 6.45) is 16.0. The second-order valence-electron chi connectivity index (χ2n) is 7.20. The van der Waals surface area contributed by atoms with Gasteiger partial charge >= 0.3 is 0 Å². The molecule has 0 aliphatic carbocycles. The van der Waals surface area contributed by atoms with Gasteiger partial charge in [0.2, 0.25) is 11.8 Å². The van der Waals surface area contributed by atoms with Crippen LogP contribution in [-0.2, 0) is 6.42 Å². The molecule has 4 heteroatoms. The van der Waals surface area contributed by atoms with Gasteiger partial charge in [-0.15, -0.1) is 0 Å². The molecule has 0 saturated carbocycles. The molecule has 4 N–H and O–H groups in total. The molecular formula is C22H36N2O2. The monoisotopic (exact) mass is 360 g/mol. The van der Waals surface area contributed by atoms with Crippen molar-refractivity contribution in [3.05, 3.63) is 34.9 Å². The fourth-order valence-corrected chi connectivity index (χ4v) is 3.46. The molecule has 26 heavy (non-hydrogen) atoms. The van der Waals surface area contributed by atoms with Gasteiger partial charge in [-0.05, 0) is 30.5 Å². The first-order valence-corrected chi connectivity index (χ1v) is 10.3. The number of hydrogen-bond acceptors (Lipinski definition) is 2. The van der Waals surface area contributed by atoms with E-state index in [4.69, 9.17) is 11.5 Å². The highest BCUT2D eigenvalue weighted by atomic mass is 16.1. The van der Waals surface area contributed by atoms with Gasteiger partial charge < -0.3 is 11.5 Å². The molecule has 1 rings (SSSR count). The van der Waals surface area contributed by atoms with Crippen molar-refractivity contribution in [3.8, 4) is 0 Å². The second-order valence-corrected chi connectivity index (χ2v) is 7.20. The Kier molecular flexibility index (Phi) is 11.4. The lowest BCUT2D eigenvalue weighted by atomic mass is 9.94. The van der Waals surface area contributed by atoms with Crippen LogP contribution in [0.5, 0.6) is 0 Å². The molecule has 0 aromatic heterocycles. The summed E-state index contributed by atoms with van der Waals surface area (Å²) in [5, 5.41) is 0. The average molecular weight is 361 g/mol. The molecule has 0 spiro atoms. The summed E-state index contributed by atoms with van der Waals surface area (Å²) in [5.74, 6) is -0.996. The van der Waals surface area contributed by atoms with E-state index in [1.807, 2.05) is 0 Å². The number of amides is 2. The van der Waals surface area contributed by atoms with Crippen LogP contribution >= 0.6 is 0 Å². The van der Waals surface area contributed by atoms with Gasteiger partial charge in [0.15, 0.2) is 0 Å². The van der Waals surface area contributed by atoms with Gasteiger partial charge in [-0.25, -0.2) is 0 Å². The molecule has 0 radical (unpaired) electrons. The number of primary amides is 2. The number of unbranched alkanes of at least 4 members (excludes halogenated alkanes) is 11. The van der Waals surface area contributed by atoms with Gasteiger partial charge in [-0.3, -0.25) is 9.59 Å². The SMILES string of the molecule is CCCCCCCCCCCCCCc1c(C(N)=O)cccc1C(N)=O. The third-order valence-corrected chi connectivity index (χ3v) is 4.99. The van der Waals surface area contributed by atoms with Crippen LogP contribution in [0.2, 0.25) is 0 Å². The Morgan fingerprint density at radius 1 is 0.692 bits per heavy atom. The van der Waals surface area contributed by atoms with Gasteiger partial charge in [0.25, 0.3) is 0 Å². The molecule has 146 valence electrons. The van der Waals surface area contributed by atoms with Crippen molar-refractivity contribution in [2.75, 3.05) is 0 Å². The highest BCUT2D eigenvalue weighted by molar-refractivity contribution is 6.01. The van der Waals surface area contributed by atoms with Crippen molar-refractivity contribution >= 4 is 11.8 Å². The Hall–Kier alpha value is -1.84. The Morgan fingerprint density at radius 3 is 1.46 bits per heavy atom. The zero-order valence-electron chi connectivity index (χ0n) is 16.4. The Morgan fingerprint density at radius 2 is 1.08 bits per heavy atom. The molecule has 0 aliphatic heterocycles. The summed E-state index contributed by atoms with van der Waals surface area (Å²) in [6.45, 7) is 2.25. The van der Waals surface area contributed by atoms with Crippen molar-refractivity contribution in [2.45, 2.75) is 90.4 Å². The van der Waals surface area contributed by atoms with Gasteiger partial charge in [0, 0.05) is 11.1 Å². The Balaban J connectivity index is 2.22. The fraction of sp³-hybridized carbons (Fsp3) is 0.636. The zero-order valence-corrected chi connectivity index (χ0v) is 16.4. The molecular weight excluding hydrogens is 324 g/mol. The van der Waals surface area contributed by atoms with Crippen molar-refractivity contribution in [1.29, 1.82) is 0 Å². The highest BCUT2D eigenvalue weighted by Crippen LogP contribution is 2.19. The summed E-state index contributed by atoms with van der Waals surface area (Å²) in [7, 11) is 0. The maximum Gasteiger partial charge on any atom is 0.249 e. The minimum absolute atomic E-state index is 0.421. The number of nitrogens with two attached hydrogens (primary N) is 2. The number of benzene rings is 1. The molecule has 1 aromatic carbocycles. The van der Waals surface area contributed by atoms with E-state index in [1.165, 1.54) is 64.2 Å². The molecule has 0 saturated heterocycles. The van der Waals surface area contributed by atoms with Crippen LogP contribution in [0, 0.1) is 0 Å². The molecule has 0 unspecified atom stereocenters. The number of rotatable bonds is 15. The molecule has 2 amide bonds. The smallest absolute Gasteiger partial charge is 0.249 e. The van der Waals surface area contributed by atoms with E-state index in [1.54, 1.807) is 18.2 Å². The van der Waals surface area contributed by atoms with Crippen molar-refractivity contribution in [2.24, 2.45) is 11.5 Å². The molecule has 0 atom stereocenters. The van der Waals surface area contributed by atoms with Gasteiger partial charge in [-0.1, -0.05) is 83.6 Å². The van der Waals surface area contributed by atoms with E-state index in [9.17, 15) is 9.59 Å². The molecule has 1 aromatic rings. The number of hydrogen-bond donors (Lipinski definition) is 2. The molecule has 0 aliphatic rings. The van der Waals surface area contributed by atoms with E-state index < -0.39 is 11.8 Å². The predicted molar refractivity (Wildman–Crippen MR) is 108 cm³/mol. The first-order valence-electron chi connectivity index (χ1n) is 10.3. The first-order chi connectivity index (χ1) is 12.6. The van der Waals surface area contributed by atoms with Crippen LogP contribution in [0.15, 0.2) is 18.2 Å². The van der Waals surface area contributed by atoms with Gasteiger partial charge in [0.05, 0.1) is 0 Å². The maximum atomic E-state index is 11.6. The topological polar surface area (TPSA) is 86.2 Å². The standard InChI is InChI=1S/C22H36N2O2/c1-2-3-4-5-6-7-8-9-10-11-12-13-15-18-19(21(23)25)16-14-17-20(18)22(24)26/h14,16-17H,2-13,15H2,1H3,(H2,23,25)(H2,24,26). The molecule has 0 bridgehead atoms. The lowest BCUT2D eigenvalue weighted by Crippen LogP contribution is -2.19. The summed E-state index contributed by atoms with van der Waals surface area (Å²) < 4.78 is 0.